The Morgan fingerprint density at radius 2 is 2.20 bits per heavy atom. The molecule has 2 rings (SSSR count). The molecule has 6 heteroatoms. The van der Waals surface area contributed by atoms with Crippen LogP contribution < -0.4 is 4.72 Å². The van der Waals surface area contributed by atoms with E-state index in [0.29, 0.717) is 22.9 Å². The lowest BCUT2D eigenvalue weighted by Gasteiger charge is -2.21. The molecule has 1 saturated heterocycles. The first-order valence-electron chi connectivity index (χ1n) is 6.85. The molecular formula is C14H21NO3S2. The maximum absolute atomic E-state index is 12.4. The molecule has 1 heterocycles. The van der Waals surface area contributed by atoms with Crippen LogP contribution in [0.3, 0.4) is 0 Å². The normalized spacial score (nSPS) is 20.0. The smallest absolute Gasteiger partial charge is 0.240 e. The quantitative estimate of drug-likeness (QED) is 0.873. The van der Waals surface area contributed by atoms with Crippen molar-refractivity contribution in [1.82, 2.24) is 4.72 Å². The standard InChI is InChI=1S/C14H21NO3S2/c1-11-12(10-16)5-4-7-14(11)20(17,18)15-9-13-6-2-3-8-19-13/h4-5,7,13,15-16H,2-3,6,8-10H2,1H3. The van der Waals surface area contributed by atoms with Crippen molar-refractivity contribution in [1.29, 1.82) is 0 Å². The molecule has 1 aliphatic heterocycles. The average Bonchev–Trinajstić information content (AvgIpc) is 2.46. The Balaban J connectivity index is 2.10. The Bertz CT molecular complexity index is 552. The molecule has 1 aliphatic rings. The highest BCUT2D eigenvalue weighted by atomic mass is 32.2. The Morgan fingerprint density at radius 1 is 1.40 bits per heavy atom. The van der Waals surface area contributed by atoms with Gasteiger partial charge in [0.25, 0.3) is 0 Å². The van der Waals surface area contributed by atoms with E-state index in [1.807, 2.05) is 11.8 Å². The van der Waals surface area contributed by atoms with Crippen LogP contribution in [-0.4, -0.2) is 31.1 Å². The molecule has 0 amide bonds. The second-order valence-electron chi connectivity index (χ2n) is 5.04. The number of thioether (sulfide) groups is 1. The Labute approximate surface area is 125 Å². The molecule has 20 heavy (non-hydrogen) atoms. The zero-order chi connectivity index (χ0) is 14.6. The van der Waals surface area contributed by atoms with Gasteiger partial charge in [-0.25, -0.2) is 13.1 Å². The molecule has 1 fully saturated rings. The van der Waals surface area contributed by atoms with Crippen LogP contribution in [-0.2, 0) is 16.6 Å². The number of sulfonamides is 1. The highest BCUT2D eigenvalue weighted by molar-refractivity contribution is 8.00. The van der Waals surface area contributed by atoms with E-state index in [4.69, 9.17) is 0 Å². The van der Waals surface area contributed by atoms with Gasteiger partial charge in [0.15, 0.2) is 0 Å². The summed E-state index contributed by atoms with van der Waals surface area (Å²) in [6.07, 6.45) is 3.48. The molecule has 4 nitrogen and oxygen atoms in total. The Hall–Kier alpha value is -0.560. The molecule has 1 atom stereocenters. The lowest BCUT2D eigenvalue weighted by Crippen LogP contribution is -2.32. The lowest BCUT2D eigenvalue weighted by atomic mass is 10.1. The van der Waals surface area contributed by atoms with Gasteiger partial charge in [-0.05, 0) is 42.7 Å². The highest BCUT2D eigenvalue weighted by Crippen LogP contribution is 2.25. The van der Waals surface area contributed by atoms with Gasteiger partial charge in [-0.3, -0.25) is 0 Å². The zero-order valence-corrected chi connectivity index (χ0v) is 13.3. The van der Waals surface area contributed by atoms with Gasteiger partial charge in [0.1, 0.15) is 0 Å². The summed E-state index contributed by atoms with van der Waals surface area (Å²) >= 11 is 1.84. The number of aliphatic hydroxyl groups excluding tert-OH is 1. The van der Waals surface area contributed by atoms with Crippen LogP contribution in [0.25, 0.3) is 0 Å². The fourth-order valence-corrected chi connectivity index (χ4v) is 5.08. The monoisotopic (exact) mass is 315 g/mol. The third-order valence-electron chi connectivity index (χ3n) is 3.63. The van der Waals surface area contributed by atoms with Crippen molar-refractivity contribution in [3.63, 3.8) is 0 Å². The summed E-state index contributed by atoms with van der Waals surface area (Å²) in [6, 6.07) is 5.00. The summed E-state index contributed by atoms with van der Waals surface area (Å²) in [5.74, 6) is 1.12. The van der Waals surface area contributed by atoms with E-state index >= 15 is 0 Å². The molecule has 1 aromatic carbocycles. The summed E-state index contributed by atoms with van der Waals surface area (Å²) in [5, 5.41) is 9.60. The minimum Gasteiger partial charge on any atom is -0.392 e. The summed E-state index contributed by atoms with van der Waals surface area (Å²) < 4.78 is 27.4. The molecule has 112 valence electrons. The maximum atomic E-state index is 12.4. The average molecular weight is 315 g/mol. The molecular weight excluding hydrogens is 294 g/mol. The van der Waals surface area contributed by atoms with E-state index in [0.717, 1.165) is 12.2 Å². The minimum absolute atomic E-state index is 0.145. The predicted molar refractivity (Wildman–Crippen MR) is 82.4 cm³/mol. The van der Waals surface area contributed by atoms with Gasteiger partial charge >= 0.3 is 0 Å². The SMILES string of the molecule is Cc1c(CO)cccc1S(=O)(=O)NCC1CCCCS1. The topological polar surface area (TPSA) is 66.4 Å². The van der Waals surface area contributed by atoms with Crippen molar-refractivity contribution < 1.29 is 13.5 Å². The fraction of sp³-hybridized carbons (Fsp3) is 0.571. The van der Waals surface area contributed by atoms with Crippen molar-refractivity contribution in [2.24, 2.45) is 0 Å². The molecule has 1 unspecified atom stereocenters. The van der Waals surface area contributed by atoms with Crippen LogP contribution >= 0.6 is 11.8 Å². The van der Waals surface area contributed by atoms with Gasteiger partial charge in [0.05, 0.1) is 11.5 Å². The number of benzene rings is 1. The van der Waals surface area contributed by atoms with E-state index in [-0.39, 0.29) is 11.5 Å². The fourth-order valence-electron chi connectivity index (χ4n) is 2.37. The zero-order valence-electron chi connectivity index (χ0n) is 11.6. The first kappa shape index (κ1) is 15.8. The third-order valence-corrected chi connectivity index (χ3v) is 6.60. The summed E-state index contributed by atoms with van der Waals surface area (Å²) in [4.78, 5) is 0.268. The van der Waals surface area contributed by atoms with Crippen LogP contribution in [0.2, 0.25) is 0 Å². The van der Waals surface area contributed by atoms with Crippen molar-refractivity contribution in [2.75, 3.05) is 12.3 Å². The van der Waals surface area contributed by atoms with Gasteiger partial charge in [-0.2, -0.15) is 11.8 Å². The number of hydrogen-bond acceptors (Lipinski definition) is 4. The largest absolute Gasteiger partial charge is 0.392 e. The van der Waals surface area contributed by atoms with Crippen molar-refractivity contribution in [2.45, 2.75) is 42.9 Å². The molecule has 2 N–H and O–H groups in total. The predicted octanol–water partition coefficient (Wildman–Crippen LogP) is 2.05. The number of rotatable bonds is 5. The molecule has 0 bridgehead atoms. The van der Waals surface area contributed by atoms with Gasteiger partial charge in [-0.1, -0.05) is 18.6 Å². The van der Waals surface area contributed by atoms with Crippen molar-refractivity contribution in [3.8, 4) is 0 Å². The minimum atomic E-state index is -3.50. The van der Waals surface area contributed by atoms with E-state index in [9.17, 15) is 13.5 Å². The highest BCUT2D eigenvalue weighted by Gasteiger charge is 2.21. The van der Waals surface area contributed by atoms with Gasteiger partial charge in [-0.15, -0.1) is 0 Å². The van der Waals surface area contributed by atoms with E-state index < -0.39 is 10.0 Å². The van der Waals surface area contributed by atoms with E-state index in [1.54, 1.807) is 25.1 Å². The maximum Gasteiger partial charge on any atom is 0.240 e. The summed E-state index contributed by atoms with van der Waals surface area (Å²) in [6.45, 7) is 2.07. The lowest BCUT2D eigenvalue weighted by molar-refractivity contribution is 0.280. The van der Waals surface area contributed by atoms with E-state index in [2.05, 4.69) is 4.72 Å². The van der Waals surface area contributed by atoms with Crippen LogP contribution in [0.1, 0.15) is 30.4 Å². The molecule has 1 aromatic rings. The third kappa shape index (κ3) is 3.75. The molecule has 0 saturated carbocycles. The molecule has 0 spiro atoms. The van der Waals surface area contributed by atoms with Crippen molar-refractivity contribution in [3.05, 3.63) is 29.3 Å². The first-order valence-corrected chi connectivity index (χ1v) is 9.38. The number of aliphatic hydroxyl groups is 1. The molecule has 0 aliphatic carbocycles. The van der Waals surface area contributed by atoms with Gasteiger partial charge in [0, 0.05) is 11.8 Å². The molecule has 0 aromatic heterocycles. The van der Waals surface area contributed by atoms with Crippen LogP contribution in [0.15, 0.2) is 23.1 Å². The summed E-state index contributed by atoms with van der Waals surface area (Å²) in [7, 11) is -3.50. The number of nitrogens with one attached hydrogen (secondary N) is 1. The summed E-state index contributed by atoms with van der Waals surface area (Å²) in [5.41, 5.74) is 1.28. The number of hydrogen-bond donors (Lipinski definition) is 2. The van der Waals surface area contributed by atoms with Crippen LogP contribution in [0.5, 0.6) is 0 Å². The van der Waals surface area contributed by atoms with E-state index in [1.165, 1.54) is 12.8 Å². The Morgan fingerprint density at radius 3 is 2.85 bits per heavy atom. The van der Waals surface area contributed by atoms with Gasteiger partial charge in [0.2, 0.25) is 10.0 Å². The Kier molecular flexibility index (Phi) is 5.49. The van der Waals surface area contributed by atoms with Crippen molar-refractivity contribution >= 4 is 21.8 Å². The van der Waals surface area contributed by atoms with Crippen LogP contribution in [0, 0.1) is 6.92 Å². The second-order valence-corrected chi connectivity index (χ2v) is 8.18. The van der Waals surface area contributed by atoms with Crippen LogP contribution in [0.4, 0.5) is 0 Å². The van der Waals surface area contributed by atoms with Gasteiger partial charge < -0.3 is 5.11 Å². The first-order chi connectivity index (χ1) is 9.54. The molecule has 0 radical (unpaired) electrons. The second kappa shape index (κ2) is 6.93.